The maximum atomic E-state index is 11.5. The Morgan fingerprint density at radius 2 is 1.66 bits per heavy atom. The molecule has 1 aliphatic heterocycles. The highest BCUT2D eigenvalue weighted by Gasteiger charge is 2.61. The molecule has 29 heavy (non-hydrogen) atoms. The van der Waals surface area contributed by atoms with Gasteiger partial charge in [-0.15, -0.1) is 0 Å². The first-order valence-corrected chi connectivity index (χ1v) is 11.6. The van der Waals surface area contributed by atoms with Crippen LogP contribution < -0.4 is 0 Å². The van der Waals surface area contributed by atoms with Crippen molar-refractivity contribution in [2.45, 2.75) is 97.9 Å². The van der Waals surface area contributed by atoms with E-state index in [4.69, 9.17) is 14.2 Å². The van der Waals surface area contributed by atoms with Crippen LogP contribution in [0.4, 0.5) is 0 Å². The van der Waals surface area contributed by atoms with Crippen molar-refractivity contribution >= 4 is 11.9 Å². The highest BCUT2D eigenvalue weighted by molar-refractivity contribution is 5.66. The number of ether oxygens (including phenoxy) is 3. The van der Waals surface area contributed by atoms with Crippen molar-refractivity contribution in [3.05, 3.63) is 0 Å². The molecule has 0 N–H and O–H groups in total. The fourth-order valence-electron chi connectivity index (χ4n) is 8.00. The highest BCUT2D eigenvalue weighted by atomic mass is 16.5. The highest BCUT2D eigenvalue weighted by Crippen LogP contribution is 2.65. The Morgan fingerprint density at radius 1 is 0.966 bits per heavy atom. The normalized spacial score (nSPS) is 47.3. The third kappa shape index (κ3) is 3.51. The summed E-state index contributed by atoms with van der Waals surface area (Å²) in [5.41, 5.74) is 0.415. The molecule has 5 nitrogen and oxygen atoms in total. The molecule has 0 bridgehead atoms. The van der Waals surface area contributed by atoms with E-state index in [1.54, 1.807) is 0 Å². The van der Waals surface area contributed by atoms with E-state index in [0.717, 1.165) is 32.3 Å². The molecule has 4 fully saturated rings. The third-order valence-electron chi connectivity index (χ3n) is 9.32. The first-order valence-electron chi connectivity index (χ1n) is 11.6. The molecule has 0 aromatic carbocycles. The van der Waals surface area contributed by atoms with Crippen molar-refractivity contribution in [1.82, 2.24) is 0 Å². The molecule has 4 rings (SSSR count). The lowest BCUT2D eigenvalue weighted by Gasteiger charge is -2.60. The summed E-state index contributed by atoms with van der Waals surface area (Å²) in [6, 6.07) is 0. The molecule has 5 heteroatoms. The summed E-state index contributed by atoms with van der Waals surface area (Å²) in [6.07, 6.45) is 7.88. The first kappa shape index (κ1) is 21.1. The predicted molar refractivity (Wildman–Crippen MR) is 109 cm³/mol. The second-order valence-electron chi connectivity index (χ2n) is 10.8. The minimum Gasteiger partial charge on any atom is -0.463 e. The molecule has 1 saturated heterocycles. The quantitative estimate of drug-likeness (QED) is 0.645. The number of fused-ring (bicyclic) bond motifs is 5. The lowest BCUT2D eigenvalue weighted by atomic mass is 9.49. The summed E-state index contributed by atoms with van der Waals surface area (Å²) >= 11 is 0. The second-order valence-corrected chi connectivity index (χ2v) is 10.8. The lowest BCUT2D eigenvalue weighted by Crippen LogP contribution is -2.59. The van der Waals surface area contributed by atoms with Crippen LogP contribution in [0.2, 0.25) is 0 Å². The van der Waals surface area contributed by atoms with Crippen molar-refractivity contribution < 1.29 is 23.8 Å². The zero-order chi connectivity index (χ0) is 21.0. The van der Waals surface area contributed by atoms with E-state index >= 15 is 0 Å². The number of hydrogen-bond acceptors (Lipinski definition) is 5. The summed E-state index contributed by atoms with van der Waals surface area (Å²) in [5.74, 6) is 2.02. The number of rotatable bonds is 3. The van der Waals surface area contributed by atoms with E-state index in [2.05, 4.69) is 20.8 Å². The van der Waals surface area contributed by atoms with E-state index < -0.39 is 0 Å². The topological polar surface area (TPSA) is 61.8 Å². The summed E-state index contributed by atoms with van der Waals surface area (Å²) in [6.45, 7) is 10.8. The van der Waals surface area contributed by atoms with Gasteiger partial charge in [-0.05, 0) is 74.0 Å². The van der Waals surface area contributed by atoms with Gasteiger partial charge in [0.05, 0.1) is 12.7 Å². The number of esters is 2. The standard InChI is InChI=1S/C24H38O5/c1-14(28-15(2)25)19-6-7-20-18-13-27-22-12-17(29-16(3)26)8-10-24(22,5)21(18)9-11-23(19,20)4/h14,17-22H,6-13H2,1-5H3/t14-,17-,18-,19+,20-,21-,22-,23+,24+/m0/s1. The van der Waals surface area contributed by atoms with E-state index in [1.807, 2.05) is 0 Å². The van der Waals surface area contributed by atoms with Gasteiger partial charge in [-0.2, -0.15) is 0 Å². The van der Waals surface area contributed by atoms with Crippen molar-refractivity contribution in [2.75, 3.05) is 6.61 Å². The Hall–Kier alpha value is -1.10. The van der Waals surface area contributed by atoms with Crippen molar-refractivity contribution in [2.24, 2.45) is 34.5 Å². The second kappa shape index (κ2) is 7.55. The van der Waals surface area contributed by atoms with Gasteiger partial charge in [0.25, 0.3) is 0 Å². The van der Waals surface area contributed by atoms with Crippen molar-refractivity contribution in [3.8, 4) is 0 Å². The molecule has 4 aliphatic rings. The number of carbonyl (C=O) groups excluding carboxylic acids is 2. The summed E-state index contributed by atoms with van der Waals surface area (Å²) in [7, 11) is 0. The van der Waals surface area contributed by atoms with E-state index in [1.165, 1.54) is 33.1 Å². The van der Waals surface area contributed by atoms with Crippen molar-refractivity contribution in [3.63, 3.8) is 0 Å². The van der Waals surface area contributed by atoms with Crippen LogP contribution in [-0.4, -0.2) is 36.9 Å². The molecule has 3 aliphatic carbocycles. The van der Waals surface area contributed by atoms with Crippen LogP contribution in [-0.2, 0) is 23.8 Å². The van der Waals surface area contributed by atoms with E-state index in [-0.39, 0.29) is 41.1 Å². The van der Waals surface area contributed by atoms with Crippen LogP contribution in [0.25, 0.3) is 0 Å². The van der Waals surface area contributed by atoms with Gasteiger partial charge in [0.2, 0.25) is 0 Å². The van der Waals surface area contributed by atoms with Gasteiger partial charge in [-0.1, -0.05) is 13.8 Å². The molecule has 3 saturated carbocycles. The van der Waals surface area contributed by atoms with Gasteiger partial charge in [-0.25, -0.2) is 0 Å². The largest absolute Gasteiger partial charge is 0.463 e. The smallest absolute Gasteiger partial charge is 0.302 e. The van der Waals surface area contributed by atoms with Crippen LogP contribution in [0, 0.1) is 34.5 Å². The first-order chi connectivity index (χ1) is 13.6. The molecule has 0 aromatic heterocycles. The van der Waals surface area contributed by atoms with Gasteiger partial charge in [-0.3, -0.25) is 9.59 Å². The Labute approximate surface area is 175 Å². The van der Waals surface area contributed by atoms with Crippen molar-refractivity contribution in [1.29, 1.82) is 0 Å². The van der Waals surface area contributed by atoms with Gasteiger partial charge in [0.1, 0.15) is 12.2 Å². The Kier molecular flexibility index (Phi) is 5.50. The average molecular weight is 407 g/mol. The molecule has 0 unspecified atom stereocenters. The van der Waals surface area contributed by atoms with Gasteiger partial charge in [0, 0.05) is 26.2 Å². The Bertz CT molecular complexity index is 662. The Balaban J connectivity index is 1.50. The molecule has 164 valence electrons. The van der Waals surface area contributed by atoms with Crippen LogP contribution >= 0.6 is 0 Å². The molecule has 0 radical (unpaired) electrons. The summed E-state index contributed by atoms with van der Waals surface area (Å²) < 4.78 is 17.6. The molecule has 1 heterocycles. The molecular formula is C24H38O5. The minimum absolute atomic E-state index is 0.00828. The van der Waals surface area contributed by atoms with E-state index in [0.29, 0.717) is 23.7 Å². The maximum Gasteiger partial charge on any atom is 0.302 e. The maximum absolute atomic E-state index is 11.5. The fourth-order valence-corrected chi connectivity index (χ4v) is 8.00. The van der Waals surface area contributed by atoms with Crippen LogP contribution in [0.5, 0.6) is 0 Å². The monoisotopic (exact) mass is 406 g/mol. The van der Waals surface area contributed by atoms with Crippen LogP contribution in [0.15, 0.2) is 0 Å². The van der Waals surface area contributed by atoms with Gasteiger partial charge >= 0.3 is 11.9 Å². The zero-order valence-electron chi connectivity index (χ0n) is 18.7. The molecule has 0 spiro atoms. The Morgan fingerprint density at radius 3 is 2.34 bits per heavy atom. The molecule has 0 amide bonds. The van der Waals surface area contributed by atoms with Crippen LogP contribution in [0.3, 0.4) is 0 Å². The van der Waals surface area contributed by atoms with E-state index in [9.17, 15) is 9.59 Å². The molecular weight excluding hydrogens is 368 g/mol. The fraction of sp³-hybridized carbons (Fsp3) is 0.917. The molecule has 0 aromatic rings. The summed E-state index contributed by atoms with van der Waals surface area (Å²) in [4.78, 5) is 22.9. The average Bonchev–Trinajstić information content (AvgIpc) is 2.98. The lowest BCUT2D eigenvalue weighted by molar-refractivity contribution is -0.216. The molecule has 9 atom stereocenters. The van der Waals surface area contributed by atoms with Gasteiger partial charge in [0.15, 0.2) is 0 Å². The van der Waals surface area contributed by atoms with Crippen LogP contribution in [0.1, 0.15) is 79.6 Å². The zero-order valence-corrected chi connectivity index (χ0v) is 18.7. The number of carbonyl (C=O) groups is 2. The minimum atomic E-state index is -0.181. The third-order valence-corrected chi connectivity index (χ3v) is 9.32. The van der Waals surface area contributed by atoms with Gasteiger partial charge < -0.3 is 14.2 Å². The SMILES string of the molecule is CC(=O)O[C@H]1CC[C@@]2(C)[C@H](C1)OC[C@@H]1[C@@H]2CC[C@]2(C)[C@@H]([C@H](C)OC(C)=O)CC[C@@H]12. The summed E-state index contributed by atoms with van der Waals surface area (Å²) in [5, 5.41) is 0. The number of hydrogen-bond donors (Lipinski definition) is 0. The predicted octanol–water partition coefficient (Wildman–Crippen LogP) is 4.52.